The van der Waals surface area contributed by atoms with Gasteiger partial charge in [-0.2, -0.15) is 0 Å². The van der Waals surface area contributed by atoms with Gasteiger partial charge in [0.2, 0.25) is 0 Å². The molecule has 19 heavy (non-hydrogen) atoms. The zero-order valence-corrected chi connectivity index (χ0v) is 13.5. The lowest BCUT2D eigenvalue weighted by atomic mass is 9.83. The SMILES string of the molecule is CCOc1c(CCC(N)=S)cc(C)cc1C(C)(C)C. The van der Waals surface area contributed by atoms with Crippen molar-refractivity contribution in [1.29, 1.82) is 0 Å². The molecule has 0 amide bonds. The first-order chi connectivity index (χ1) is 8.75. The summed E-state index contributed by atoms with van der Waals surface area (Å²) in [6.07, 6.45) is 1.57. The van der Waals surface area contributed by atoms with Gasteiger partial charge in [-0.15, -0.1) is 0 Å². The summed E-state index contributed by atoms with van der Waals surface area (Å²) in [5.74, 6) is 1.01. The first-order valence-corrected chi connectivity index (χ1v) is 7.21. The highest BCUT2D eigenvalue weighted by atomic mass is 32.1. The molecule has 2 nitrogen and oxygen atoms in total. The van der Waals surface area contributed by atoms with E-state index in [4.69, 9.17) is 22.7 Å². The van der Waals surface area contributed by atoms with E-state index in [1.54, 1.807) is 0 Å². The van der Waals surface area contributed by atoms with Gasteiger partial charge >= 0.3 is 0 Å². The van der Waals surface area contributed by atoms with Crippen molar-refractivity contribution < 1.29 is 4.74 Å². The Bertz CT molecular complexity index is 461. The van der Waals surface area contributed by atoms with Crippen LogP contribution in [0, 0.1) is 6.92 Å². The highest BCUT2D eigenvalue weighted by Crippen LogP contribution is 2.36. The number of hydrogen-bond acceptors (Lipinski definition) is 2. The predicted molar refractivity (Wildman–Crippen MR) is 86.2 cm³/mol. The highest BCUT2D eigenvalue weighted by Gasteiger charge is 2.22. The third-order valence-electron chi connectivity index (χ3n) is 3.05. The molecule has 0 aromatic heterocycles. The van der Waals surface area contributed by atoms with E-state index < -0.39 is 0 Å². The molecule has 0 atom stereocenters. The lowest BCUT2D eigenvalue weighted by Crippen LogP contribution is -2.16. The molecule has 0 radical (unpaired) electrons. The number of nitrogens with two attached hydrogens (primary N) is 1. The van der Waals surface area contributed by atoms with Crippen LogP contribution in [0.4, 0.5) is 0 Å². The molecule has 0 saturated heterocycles. The maximum Gasteiger partial charge on any atom is 0.126 e. The van der Waals surface area contributed by atoms with Crippen LogP contribution in [0.2, 0.25) is 0 Å². The van der Waals surface area contributed by atoms with E-state index in [1.165, 1.54) is 16.7 Å². The lowest BCUT2D eigenvalue weighted by Gasteiger charge is -2.25. The van der Waals surface area contributed by atoms with E-state index in [1.807, 2.05) is 6.92 Å². The Morgan fingerprint density at radius 2 is 1.95 bits per heavy atom. The van der Waals surface area contributed by atoms with Crippen LogP contribution in [0.5, 0.6) is 5.75 Å². The number of thiocarbonyl (C=S) groups is 1. The third-order valence-corrected chi connectivity index (χ3v) is 3.25. The van der Waals surface area contributed by atoms with E-state index >= 15 is 0 Å². The smallest absolute Gasteiger partial charge is 0.126 e. The van der Waals surface area contributed by atoms with Gasteiger partial charge in [-0.1, -0.05) is 50.7 Å². The molecular weight excluding hydrogens is 254 g/mol. The van der Waals surface area contributed by atoms with Crippen molar-refractivity contribution in [2.75, 3.05) is 6.61 Å². The van der Waals surface area contributed by atoms with E-state index in [2.05, 4.69) is 39.8 Å². The van der Waals surface area contributed by atoms with Crippen LogP contribution in [0.15, 0.2) is 12.1 Å². The van der Waals surface area contributed by atoms with Crippen molar-refractivity contribution in [2.45, 2.75) is 52.9 Å². The van der Waals surface area contributed by atoms with Gasteiger partial charge in [-0.05, 0) is 31.2 Å². The zero-order chi connectivity index (χ0) is 14.6. The topological polar surface area (TPSA) is 35.2 Å². The molecule has 0 aliphatic carbocycles. The molecule has 106 valence electrons. The molecule has 2 N–H and O–H groups in total. The van der Waals surface area contributed by atoms with Gasteiger partial charge in [0.05, 0.1) is 11.6 Å². The second-order valence-electron chi connectivity index (χ2n) is 5.95. The Morgan fingerprint density at radius 3 is 2.42 bits per heavy atom. The van der Waals surface area contributed by atoms with Gasteiger partial charge in [-0.3, -0.25) is 0 Å². The lowest BCUT2D eigenvalue weighted by molar-refractivity contribution is 0.326. The summed E-state index contributed by atoms with van der Waals surface area (Å²) in [5, 5.41) is 0. The summed E-state index contributed by atoms with van der Waals surface area (Å²) in [5.41, 5.74) is 9.40. The third kappa shape index (κ3) is 4.50. The summed E-state index contributed by atoms with van der Waals surface area (Å²) in [6.45, 7) is 11.4. The molecule has 1 aromatic rings. The van der Waals surface area contributed by atoms with Gasteiger partial charge < -0.3 is 10.5 Å². The summed E-state index contributed by atoms with van der Waals surface area (Å²) in [7, 11) is 0. The second-order valence-corrected chi connectivity index (χ2v) is 6.47. The molecule has 0 spiro atoms. The van der Waals surface area contributed by atoms with Crippen LogP contribution in [-0.4, -0.2) is 11.6 Å². The van der Waals surface area contributed by atoms with E-state index in [9.17, 15) is 0 Å². The first kappa shape index (κ1) is 16.0. The second kappa shape index (κ2) is 6.38. The van der Waals surface area contributed by atoms with Crippen molar-refractivity contribution in [1.82, 2.24) is 0 Å². The number of hydrogen-bond donors (Lipinski definition) is 1. The predicted octanol–water partition coefficient (Wildman–Crippen LogP) is 3.91. The van der Waals surface area contributed by atoms with Gasteiger partial charge in [-0.25, -0.2) is 0 Å². The highest BCUT2D eigenvalue weighted by molar-refractivity contribution is 7.80. The molecule has 0 aliphatic heterocycles. The van der Waals surface area contributed by atoms with Crippen LogP contribution in [0.1, 0.15) is 50.8 Å². The molecule has 0 bridgehead atoms. The molecule has 0 unspecified atom stereocenters. The molecule has 0 saturated carbocycles. The van der Waals surface area contributed by atoms with Crippen molar-refractivity contribution in [3.8, 4) is 5.75 Å². The van der Waals surface area contributed by atoms with Crippen molar-refractivity contribution in [3.63, 3.8) is 0 Å². The van der Waals surface area contributed by atoms with Crippen LogP contribution in [-0.2, 0) is 11.8 Å². The normalized spacial score (nSPS) is 11.4. The first-order valence-electron chi connectivity index (χ1n) is 6.80. The fraction of sp³-hybridized carbons (Fsp3) is 0.562. The Balaban J connectivity index is 3.27. The summed E-state index contributed by atoms with van der Waals surface area (Å²) >= 11 is 4.98. The number of rotatable bonds is 5. The average molecular weight is 279 g/mol. The van der Waals surface area contributed by atoms with Crippen LogP contribution < -0.4 is 10.5 Å². The quantitative estimate of drug-likeness (QED) is 0.830. The van der Waals surface area contributed by atoms with Crippen molar-refractivity contribution >= 4 is 17.2 Å². The zero-order valence-electron chi connectivity index (χ0n) is 12.7. The molecule has 0 heterocycles. The molecule has 1 aromatic carbocycles. The number of ether oxygens (including phenoxy) is 1. The van der Waals surface area contributed by atoms with Crippen molar-refractivity contribution in [3.05, 3.63) is 28.8 Å². The van der Waals surface area contributed by atoms with Gasteiger partial charge in [0.1, 0.15) is 5.75 Å². The fourth-order valence-electron chi connectivity index (χ4n) is 2.16. The maximum atomic E-state index is 5.90. The van der Waals surface area contributed by atoms with E-state index in [0.717, 1.165) is 18.6 Å². The Labute approximate surface area is 122 Å². The molecule has 0 aliphatic rings. The fourth-order valence-corrected chi connectivity index (χ4v) is 2.27. The summed E-state index contributed by atoms with van der Waals surface area (Å²) in [4.78, 5) is 0.557. The monoisotopic (exact) mass is 279 g/mol. The minimum Gasteiger partial charge on any atom is -0.493 e. The van der Waals surface area contributed by atoms with Crippen molar-refractivity contribution in [2.24, 2.45) is 5.73 Å². The minimum atomic E-state index is 0.0640. The Kier molecular flexibility index (Phi) is 5.36. The maximum absolute atomic E-state index is 5.90. The van der Waals surface area contributed by atoms with Gasteiger partial charge in [0, 0.05) is 12.0 Å². The Hall–Kier alpha value is -1.09. The minimum absolute atomic E-state index is 0.0640. The van der Waals surface area contributed by atoms with Crippen LogP contribution >= 0.6 is 12.2 Å². The molecule has 0 fully saturated rings. The average Bonchev–Trinajstić information content (AvgIpc) is 2.27. The van der Waals surface area contributed by atoms with Crippen LogP contribution in [0.25, 0.3) is 0 Å². The largest absolute Gasteiger partial charge is 0.493 e. The van der Waals surface area contributed by atoms with E-state index in [-0.39, 0.29) is 5.41 Å². The standard InChI is InChI=1S/C16H25NOS/c1-6-18-15-12(7-8-14(17)19)9-11(2)10-13(15)16(3,4)5/h9-10H,6-8H2,1-5H3,(H2,17,19). The molecule has 1 rings (SSSR count). The molecule has 3 heteroatoms. The van der Waals surface area contributed by atoms with Gasteiger partial charge in [0.15, 0.2) is 0 Å². The van der Waals surface area contributed by atoms with E-state index in [0.29, 0.717) is 11.6 Å². The summed E-state index contributed by atoms with van der Waals surface area (Å²) < 4.78 is 5.90. The number of aryl methyl sites for hydroxylation is 2. The summed E-state index contributed by atoms with van der Waals surface area (Å²) in [6, 6.07) is 4.40. The molecular formula is C16H25NOS. The van der Waals surface area contributed by atoms with Crippen LogP contribution in [0.3, 0.4) is 0 Å². The number of benzene rings is 1. The Morgan fingerprint density at radius 1 is 1.32 bits per heavy atom. The van der Waals surface area contributed by atoms with Gasteiger partial charge in [0.25, 0.3) is 0 Å².